The summed E-state index contributed by atoms with van der Waals surface area (Å²) in [5.41, 5.74) is 3.91. The summed E-state index contributed by atoms with van der Waals surface area (Å²) in [5.74, 6) is 1.18. The van der Waals surface area contributed by atoms with Gasteiger partial charge in [-0.1, -0.05) is 60.1 Å². The molecule has 0 spiro atoms. The molecule has 0 aliphatic heterocycles. The number of para-hydroxylation sites is 1. The number of nitrogens with zero attached hydrogens (tertiary/aromatic N) is 2. The largest absolute Gasteiger partial charge is 0.487 e. The minimum absolute atomic E-state index is 0.456. The highest BCUT2D eigenvalue weighted by Gasteiger charge is 2.12. The molecular formula is C23H15ClN2O2. The lowest BCUT2D eigenvalue weighted by Crippen LogP contribution is -1.97. The summed E-state index contributed by atoms with van der Waals surface area (Å²) in [6.45, 7) is 0.479. The minimum atomic E-state index is 0.456. The van der Waals surface area contributed by atoms with Crippen LogP contribution in [0.5, 0.6) is 5.75 Å². The van der Waals surface area contributed by atoms with Gasteiger partial charge in [0, 0.05) is 16.5 Å². The van der Waals surface area contributed by atoms with Crippen molar-refractivity contribution in [3.8, 4) is 17.3 Å². The summed E-state index contributed by atoms with van der Waals surface area (Å²) >= 11 is 6.04. The van der Waals surface area contributed by atoms with Crippen LogP contribution in [0.25, 0.3) is 33.6 Å². The van der Waals surface area contributed by atoms with Crippen molar-refractivity contribution >= 4 is 33.6 Å². The third-order valence-electron chi connectivity index (χ3n) is 4.49. The van der Waals surface area contributed by atoms with Crippen LogP contribution in [-0.4, -0.2) is 9.97 Å². The van der Waals surface area contributed by atoms with Crippen molar-refractivity contribution in [1.29, 1.82) is 0 Å². The number of benzene rings is 3. The smallest absolute Gasteiger partial charge is 0.246 e. The molecule has 5 heteroatoms. The normalized spacial score (nSPS) is 11.2. The van der Waals surface area contributed by atoms with Crippen molar-refractivity contribution < 1.29 is 9.15 Å². The van der Waals surface area contributed by atoms with E-state index in [1.165, 1.54) is 0 Å². The molecule has 2 heterocycles. The van der Waals surface area contributed by atoms with Crippen LogP contribution in [0.2, 0.25) is 5.02 Å². The fourth-order valence-electron chi connectivity index (χ4n) is 3.10. The molecular weight excluding hydrogens is 372 g/mol. The molecule has 0 fully saturated rings. The Hall–Kier alpha value is -3.37. The first kappa shape index (κ1) is 16.8. The Morgan fingerprint density at radius 3 is 2.64 bits per heavy atom. The lowest BCUT2D eigenvalue weighted by atomic mass is 10.2. The average molecular weight is 387 g/mol. The summed E-state index contributed by atoms with van der Waals surface area (Å²) in [4.78, 5) is 9.29. The molecule has 5 aromatic rings. The standard InChI is InChI=1S/C23H15ClN2O2/c24-17-10-12-18-21(13-17)28-23(26-18)19-11-9-16-7-4-8-20(22(16)25-19)27-14-15-5-2-1-3-6-15/h1-13H,14H2. The first-order chi connectivity index (χ1) is 13.8. The Bertz CT molecular complexity index is 1280. The maximum Gasteiger partial charge on any atom is 0.246 e. The van der Waals surface area contributed by atoms with Crippen molar-refractivity contribution in [2.24, 2.45) is 0 Å². The van der Waals surface area contributed by atoms with Crippen molar-refractivity contribution in [3.05, 3.63) is 89.4 Å². The zero-order valence-electron chi connectivity index (χ0n) is 14.8. The molecule has 0 atom stereocenters. The SMILES string of the molecule is Clc1ccc2nc(-c3ccc4cccc(OCc5ccccc5)c4n3)oc2c1. The summed E-state index contributed by atoms with van der Waals surface area (Å²) in [5, 5.41) is 1.60. The van der Waals surface area contributed by atoms with E-state index in [1.54, 1.807) is 12.1 Å². The van der Waals surface area contributed by atoms with E-state index in [9.17, 15) is 0 Å². The monoisotopic (exact) mass is 386 g/mol. The number of ether oxygens (including phenoxy) is 1. The minimum Gasteiger partial charge on any atom is -0.487 e. The molecule has 5 rings (SSSR count). The van der Waals surface area contributed by atoms with Crippen LogP contribution in [0.4, 0.5) is 0 Å². The second-order valence-corrected chi connectivity index (χ2v) is 6.87. The van der Waals surface area contributed by atoms with Crippen LogP contribution >= 0.6 is 11.6 Å². The molecule has 3 aromatic carbocycles. The Morgan fingerprint density at radius 1 is 0.857 bits per heavy atom. The van der Waals surface area contributed by atoms with Gasteiger partial charge >= 0.3 is 0 Å². The fourth-order valence-corrected chi connectivity index (χ4v) is 3.26. The molecule has 136 valence electrons. The number of halogens is 1. The van der Waals surface area contributed by atoms with Gasteiger partial charge in [-0.05, 0) is 29.8 Å². The molecule has 0 amide bonds. The van der Waals surface area contributed by atoms with E-state index in [4.69, 9.17) is 25.7 Å². The highest BCUT2D eigenvalue weighted by Crippen LogP contribution is 2.30. The Morgan fingerprint density at radius 2 is 1.75 bits per heavy atom. The molecule has 0 radical (unpaired) electrons. The average Bonchev–Trinajstić information content (AvgIpc) is 3.16. The topological polar surface area (TPSA) is 48.2 Å². The number of hydrogen-bond donors (Lipinski definition) is 0. The highest BCUT2D eigenvalue weighted by molar-refractivity contribution is 6.31. The van der Waals surface area contributed by atoms with E-state index >= 15 is 0 Å². The number of rotatable bonds is 4. The maximum atomic E-state index is 6.04. The van der Waals surface area contributed by atoms with Gasteiger partial charge < -0.3 is 9.15 Å². The summed E-state index contributed by atoms with van der Waals surface area (Å²) in [6.07, 6.45) is 0. The zero-order valence-corrected chi connectivity index (χ0v) is 15.6. The van der Waals surface area contributed by atoms with Gasteiger partial charge in [0.15, 0.2) is 5.58 Å². The van der Waals surface area contributed by atoms with Crippen LogP contribution in [-0.2, 0) is 6.61 Å². The van der Waals surface area contributed by atoms with Crippen LogP contribution in [0.3, 0.4) is 0 Å². The predicted octanol–water partition coefficient (Wildman–Crippen LogP) is 6.28. The van der Waals surface area contributed by atoms with Gasteiger partial charge in [-0.3, -0.25) is 0 Å². The molecule has 0 saturated carbocycles. The van der Waals surface area contributed by atoms with E-state index in [-0.39, 0.29) is 0 Å². The molecule has 0 N–H and O–H groups in total. The van der Waals surface area contributed by atoms with Gasteiger partial charge in [-0.2, -0.15) is 0 Å². The van der Waals surface area contributed by atoms with Gasteiger partial charge in [-0.25, -0.2) is 9.97 Å². The molecule has 28 heavy (non-hydrogen) atoms. The Labute approximate surface area is 166 Å². The molecule has 0 saturated heterocycles. The van der Waals surface area contributed by atoms with Crippen LogP contribution in [0.1, 0.15) is 5.56 Å². The number of pyridine rings is 1. The Balaban J connectivity index is 1.53. The second-order valence-electron chi connectivity index (χ2n) is 6.43. The quantitative estimate of drug-likeness (QED) is 0.365. The first-order valence-corrected chi connectivity index (χ1v) is 9.27. The molecule has 0 aliphatic carbocycles. The van der Waals surface area contributed by atoms with Gasteiger partial charge in [-0.15, -0.1) is 0 Å². The lowest BCUT2D eigenvalue weighted by Gasteiger charge is -2.09. The van der Waals surface area contributed by atoms with Gasteiger partial charge in [0.2, 0.25) is 5.89 Å². The molecule has 0 bridgehead atoms. The highest BCUT2D eigenvalue weighted by atomic mass is 35.5. The van der Waals surface area contributed by atoms with E-state index in [0.717, 1.165) is 27.7 Å². The summed E-state index contributed by atoms with van der Waals surface area (Å²) in [6, 6.07) is 25.2. The van der Waals surface area contributed by atoms with Gasteiger partial charge in [0.25, 0.3) is 0 Å². The third-order valence-corrected chi connectivity index (χ3v) is 4.73. The van der Waals surface area contributed by atoms with Crippen molar-refractivity contribution in [3.63, 3.8) is 0 Å². The Kier molecular flexibility index (Phi) is 4.18. The van der Waals surface area contributed by atoms with Crippen molar-refractivity contribution in [1.82, 2.24) is 9.97 Å². The summed E-state index contributed by atoms with van der Waals surface area (Å²) in [7, 11) is 0. The van der Waals surface area contributed by atoms with Crippen molar-refractivity contribution in [2.75, 3.05) is 0 Å². The van der Waals surface area contributed by atoms with Crippen LogP contribution in [0, 0.1) is 0 Å². The zero-order chi connectivity index (χ0) is 18.9. The van der Waals surface area contributed by atoms with Crippen molar-refractivity contribution in [2.45, 2.75) is 6.61 Å². The van der Waals surface area contributed by atoms with E-state index in [2.05, 4.69) is 4.98 Å². The number of oxazole rings is 1. The number of aromatic nitrogens is 2. The molecule has 2 aromatic heterocycles. The summed E-state index contributed by atoms with van der Waals surface area (Å²) < 4.78 is 11.9. The van der Waals surface area contributed by atoms with E-state index in [0.29, 0.717) is 28.8 Å². The lowest BCUT2D eigenvalue weighted by molar-refractivity contribution is 0.309. The van der Waals surface area contributed by atoms with Gasteiger partial charge in [0.1, 0.15) is 29.1 Å². The fraction of sp³-hybridized carbons (Fsp3) is 0.0435. The number of fused-ring (bicyclic) bond motifs is 2. The van der Waals surface area contributed by atoms with Crippen LogP contribution in [0.15, 0.2) is 83.3 Å². The third kappa shape index (κ3) is 3.19. The van der Waals surface area contributed by atoms with Gasteiger partial charge in [0.05, 0.1) is 0 Å². The second kappa shape index (κ2) is 6.98. The van der Waals surface area contributed by atoms with Crippen LogP contribution < -0.4 is 4.74 Å². The number of hydrogen-bond acceptors (Lipinski definition) is 4. The first-order valence-electron chi connectivity index (χ1n) is 8.89. The van der Waals surface area contributed by atoms with E-state index < -0.39 is 0 Å². The van der Waals surface area contributed by atoms with E-state index in [1.807, 2.05) is 66.7 Å². The predicted molar refractivity (Wildman–Crippen MR) is 111 cm³/mol. The molecule has 0 aliphatic rings. The molecule has 4 nitrogen and oxygen atoms in total. The maximum absolute atomic E-state index is 6.04. The molecule has 0 unspecified atom stereocenters.